The van der Waals surface area contributed by atoms with Crippen molar-refractivity contribution in [1.29, 1.82) is 0 Å². The molecule has 0 amide bonds. The van der Waals surface area contributed by atoms with Crippen molar-refractivity contribution in [2.45, 2.75) is 7.43 Å². The molecule has 1 heteroatoms. The van der Waals surface area contributed by atoms with Crippen LogP contribution in [0.5, 0.6) is 0 Å². The van der Waals surface area contributed by atoms with Crippen molar-refractivity contribution < 1.29 is 0 Å². The zero-order chi connectivity index (χ0) is 12.7. The molecule has 3 aromatic rings. The van der Waals surface area contributed by atoms with Gasteiger partial charge in [-0.1, -0.05) is 98.4 Å². The number of hydrogen-bond acceptors (Lipinski definition) is 0. The van der Waals surface area contributed by atoms with Crippen LogP contribution in [-0.4, -0.2) is 23.9 Å². The van der Waals surface area contributed by atoms with Crippen LogP contribution in [0, 0.1) is 18.2 Å². The molecule has 0 aliphatic rings. The quantitative estimate of drug-likeness (QED) is 0.506. The predicted molar refractivity (Wildman–Crippen MR) is 88.3 cm³/mol. The first-order chi connectivity index (χ1) is 9.00. The molecule has 3 aromatic carbocycles. The summed E-state index contributed by atoms with van der Waals surface area (Å²) in [6.07, 6.45) is 0. The van der Waals surface area contributed by atoms with Crippen LogP contribution in [-0.2, 0) is 0 Å². The largest absolute Gasteiger partial charge is 0.0776 e. The molecule has 0 unspecified atom stereocenters. The molecular formula is C19H19Sn. The topological polar surface area (TPSA) is 0 Å². The van der Waals surface area contributed by atoms with E-state index in [1.807, 2.05) is 91.0 Å². The van der Waals surface area contributed by atoms with Crippen LogP contribution in [0.15, 0.2) is 91.0 Å². The van der Waals surface area contributed by atoms with Crippen molar-refractivity contribution in [2.24, 2.45) is 0 Å². The van der Waals surface area contributed by atoms with E-state index in [-0.39, 0.29) is 31.3 Å². The third-order valence-corrected chi connectivity index (χ3v) is 1.82. The van der Waals surface area contributed by atoms with Gasteiger partial charge in [0.2, 0.25) is 0 Å². The molecule has 0 fully saturated rings. The average Bonchev–Trinajstić information content (AvgIpc) is 2.54. The molecule has 99 valence electrons. The fraction of sp³-hybridized carbons (Fsp3) is 0.0526. The minimum atomic E-state index is 0. The monoisotopic (exact) mass is 367 g/mol. The SMILES string of the molecule is C.[Sn].[c]1ccccc1.[c]1ccccc1.[c]1ccccc1. The van der Waals surface area contributed by atoms with E-state index in [0.29, 0.717) is 0 Å². The second-order valence-corrected chi connectivity index (χ2v) is 3.23. The van der Waals surface area contributed by atoms with E-state index in [9.17, 15) is 0 Å². The molecule has 0 atom stereocenters. The van der Waals surface area contributed by atoms with E-state index >= 15 is 0 Å². The minimum absolute atomic E-state index is 0. The number of hydrogen-bond donors (Lipinski definition) is 0. The van der Waals surface area contributed by atoms with Crippen molar-refractivity contribution in [3.05, 3.63) is 109 Å². The summed E-state index contributed by atoms with van der Waals surface area (Å²) in [6.45, 7) is 0. The van der Waals surface area contributed by atoms with Crippen LogP contribution >= 0.6 is 0 Å². The normalized spacial score (nSPS) is 7.20. The maximum Gasteiger partial charge on any atom is 0 e. The molecule has 3 rings (SSSR count). The van der Waals surface area contributed by atoms with Crippen molar-refractivity contribution >= 4 is 23.9 Å². The molecular weight excluding hydrogens is 347 g/mol. The van der Waals surface area contributed by atoms with Crippen LogP contribution in [0.3, 0.4) is 0 Å². The van der Waals surface area contributed by atoms with Gasteiger partial charge in [-0.15, -0.1) is 0 Å². The first kappa shape index (κ1) is 20.8. The second kappa shape index (κ2) is 17.5. The Balaban J connectivity index is 0. The maximum atomic E-state index is 2.89. The van der Waals surface area contributed by atoms with E-state index in [1.165, 1.54) is 0 Å². The van der Waals surface area contributed by atoms with E-state index in [1.54, 1.807) is 0 Å². The van der Waals surface area contributed by atoms with Gasteiger partial charge in [-0.3, -0.25) is 0 Å². The molecule has 0 bridgehead atoms. The molecule has 0 heterocycles. The van der Waals surface area contributed by atoms with Crippen LogP contribution in [0.2, 0.25) is 0 Å². The van der Waals surface area contributed by atoms with Crippen molar-refractivity contribution in [2.75, 3.05) is 0 Å². The Morgan fingerprint density at radius 1 is 0.350 bits per heavy atom. The Labute approximate surface area is 140 Å². The molecule has 0 saturated heterocycles. The van der Waals surface area contributed by atoms with Crippen LogP contribution in [0.1, 0.15) is 7.43 Å². The fourth-order valence-electron chi connectivity index (χ4n) is 1.03. The van der Waals surface area contributed by atoms with Crippen molar-refractivity contribution in [3.63, 3.8) is 0 Å². The molecule has 0 aromatic heterocycles. The molecule has 0 N–H and O–H groups in total. The maximum absolute atomic E-state index is 2.89. The summed E-state index contributed by atoms with van der Waals surface area (Å²) in [7, 11) is 0. The van der Waals surface area contributed by atoms with Gasteiger partial charge in [0.25, 0.3) is 0 Å². The van der Waals surface area contributed by atoms with E-state index in [2.05, 4.69) is 18.2 Å². The van der Waals surface area contributed by atoms with Gasteiger partial charge < -0.3 is 0 Å². The standard InChI is InChI=1S/3C6H5.CH4.Sn/c3*1-2-4-6-5-3-1;;/h3*1-5H;1H4;. The Kier molecular flexibility index (Phi) is 18.1. The number of rotatable bonds is 0. The Morgan fingerprint density at radius 2 is 0.550 bits per heavy atom. The minimum Gasteiger partial charge on any atom is -0.0776 e. The van der Waals surface area contributed by atoms with Crippen molar-refractivity contribution in [1.82, 2.24) is 0 Å². The summed E-state index contributed by atoms with van der Waals surface area (Å²) >= 11 is 0. The average molecular weight is 366 g/mol. The Hall–Kier alpha value is -1.54. The summed E-state index contributed by atoms with van der Waals surface area (Å²) in [5.74, 6) is 0. The Morgan fingerprint density at radius 3 is 0.600 bits per heavy atom. The zero-order valence-electron chi connectivity index (χ0n) is 10.7. The first-order valence-corrected chi connectivity index (χ1v) is 5.73. The van der Waals surface area contributed by atoms with Crippen molar-refractivity contribution in [3.8, 4) is 0 Å². The molecule has 20 heavy (non-hydrogen) atoms. The summed E-state index contributed by atoms with van der Waals surface area (Å²) in [5, 5.41) is 0. The molecule has 7 radical (unpaired) electrons. The molecule has 0 saturated carbocycles. The van der Waals surface area contributed by atoms with E-state index in [4.69, 9.17) is 0 Å². The van der Waals surface area contributed by atoms with Gasteiger partial charge in [0, 0.05) is 23.9 Å². The summed E-state index contributed by atoms with van der Waals surface area (Å²) in [4.78, 5) is 0. The third kappa shape index (κ3) is 14.5. The van der Waals surface area contributed by atoms with Gasteiger partial charge in [0.1, 0.15) is 0 Å². The van der Waals surface area contributed by atoms with Gasteiger partial charge in [0.15, 0.2) is 0 Å². The molecule has 0 nitrogen and oxygen atoms in total. The van der Waals surface area contributed by atoms with Crippen LogP contribution in [0.25, 0.3) is 0 Å². The smallest absolute Gasteiger partial charge is 0 e. The van der Waals surface area contributed by atoms with Crippen LogP contribution in [0.4, 0.5) is 0 Å². The fourth-order valence-corrected chi connectivity index (χ4v) is 1.03. The van der Waals surface area contributed by atoms with E-state index < -0.39 is 0 Å². The predicted octanol–water partition coefficient (Wildman–Crippen LogP) is 4.72. The van der Waals surface area contributed by atoms with Gasteiger partial charge in [0.05, 0.1) is 0 Å². The van der Waals surface area contributed by atoms with Gasteiger partial charge in [-0.2, -0.15) is 0 Å². The molecule has 0 aliphatic carbocycles. The second-order valence-electron chi connectivity index (χ2n) is 3.23. The third-order valence-electron chi connectivity index (χ3n) is 1.82. The summed E-state index contributed by atoms with van der Waals surface area (Å²) in [5.41, 5.74) is 0. The molecule has 0 aliphatic heterocycles. The summed E-state index contributed by atoms with van der Waals surface area (Å²) < 4.78 is 0. The Bertz CT molecular complexity index is 297. The molecule has 0 spiro atoms. The van der Waals surface area contributed by atoms with Gasteiger partial charge >= 0.3 is 0 Å². The van der Waals surface area contributed by atoms with Crippen LogP contribution < -0.4 is 0 Å². The van der Waals surface area contributed by atoms with Gasteiger partial charge in [-0.05, 0) is 18.2 Å². The van der Waals surface area contributed by atoms with E-state index in [0.717, 1.165) is 0 Å². The zero-order valence-corrected chi connectivity index (χ0v) is 13.5. The van der Waals surface area contributed by atoms with Gasteiger partial charge in [-0.25, -0.2) is 0 Å². The first-order valence-electron chi connectivity index (χ1n) is 5.73. The summed E-state index contributed by atoms with van der Waals surface area (Å²) in [6, 6.07) is 37.5. The number of benzene rings is 3.